The lowest BCUT2D eigenvalue weighted by molar-refractivity contribution is -0.123. The summed E-state index contributed by atoms with van der Waals surface area (Å²) in [5.41, 5.74) is 1.62. The first kappa shape index (κ1) is 18.3. The second kappa shape index (κ2) is 7.67. The van der Waals surface area contributed by atoms with Crippen molar-refractivity contribution in [3.05, 3.63) is 29.8 Å². The van der Waals surface area contributed by atoms with Crippen molar-refractivity contribution in [3.8, 4) is 6.07 Å². The standard InChI is InChI=1S/C19H28N4O/c1-5-23(12-15-6-10-17(11-7-15)22(3)4)13-18(24)21-19(2,14-20)16-8-9-16/h6-7,10-11,16H,5,8-9,12-13H2,1-4H3,(H,21,24)/t19-/m1/s1. The van der Waals surface area contributed by atoms with Gasteiger partial charge in [-0.25, -0.2) is 0 Å². The average Bonchev–Trinajstić information content (AvgIpc) is 3.39. The summed E-state index contributed by atoms with van der Waals surface area (Å²) in [6.45, 7) is 5.71. The van der Waals surface area contributed by atoms with Gasteiger partial charge < -0.3 is 10.2 Å². The molecule has 2 rings (SSSR count). The van der Waals surface area contributed by atoms with E-state index in [2.05, 4.69) is 45.5 Å². The van der Waals surface area contributed by atoms with Crippen molar-refractivity contribution in [2.75, 3.05) is 32.1 Å². The van der Waals surface area contributed by atoms with E-state index in [4.69, 9.17) is 0 Å². The van der Waals surface area contributed by atoms with E-state index in [1.54, 1.807) is 0 Å². The molecule has 1 N–H and O–H groups in total. The number of amides is 1. The zero-order chi connectivity index (χ0) is 17.7. The molecular formula is C19H28N4O. The first-order chi connectivity index (χ1) is 11.4. The maximum Gasteiger partial charge on any atom is 0.235 e. The normalized spacial score (nSPS) is 16.3. The predicted octanol–water partition coefficient (Wildman–Crippen LogP) is 2.38. The van der Waals surface area contributed by atoms with Gasteiger partial charge in [0.05, 0.1) is 12.6 Å². The molecule has 0 aromatic heterocycles. The van der Waals surface area contributed by atoms with Crippen molar-refractivity contribution in [1.29, 1.82) is 5.26 Å². The Labute approximate surface area is 145 Å². The highest BCUT2D eigenvalue weighted by Gasteiger charge is 2.43. The largest absolute Gasteiger partial charge is 0.378 e. The SMILES string of the molecule is CCN(CC(=O)N[C@](C)(C#N)C1CC1)Cc1ccc(N(C)C)cc1. The van der Waals surface area contributed by atoms with Crippen molar-refractivity contribution < 1.29 is 4.79 Å². The summed E-state index contributed by atoms with van der Waals surface area (Å²) in [6.07, 6.45) is 2.06. The summed E-state index contributed by atoms with van der Waals surface area (Å²) in [6, 6.07) is 10.6. The summed E-state index contributed by atoms with van der Waals surface area (Å²) >= 11 is 0. The number of hydrogen-bond donors (Lipinski definition) is 1. The Morgan fingerprint density at radius 1 is 1.33 bits per heavy atom. The average molecular weight is 328 g/mol. The summed E-state index contributed by atoms with van der Waals surface area (Å²) in [5.74, 6) is 0.234. The Bertz CT molecular complexity index is 601. The quantitative estimate of drug-likeness (QED) is 0.796. The fourth-order valence-corrected chi connectivity index (χ4v) is 2.85. The Hall–Kier alpha value is -2.06. The number of likely N-dealkylation sites (N-methyl/N-ethyl adjacent to an activating group) is 1. The van der Waals surface area contributed by atoms with Crippen molar-refractivity contribution in [3.63, 3.8) is 0 Å². The van der Waals surface area contributed by atoms with Crippen molar-refractivity contribution in [1.82, 2.24) is 10.2 Å². The van der Waals surface area contributed by atoms with E-state index in [-0.39, 0.29) is 5.91 Å². The molecule has 1 saturated carbocycles. The van der Waals surface area contributed by atoms with E-state index in [0.717, 1.165) is 31.6 Å². The van der Waals surface area contributed by atoms with E-state index in [1.165, 1.54) is 5.56 Å². The number of benzene rings is 1. The number of anilines is 1. The Morgan fingerprint density at radius 3 is 2.42 bits per heavy atom. The summed E-state index contributed by atoms with van der Waals surface area (Å²) < 4.78 is 0. The highest BCUT2D eigenvalue weighted by Crippen LogP contribution is 2.39. The molecule has 0 radical (unpaired) electrons. The monoisotopic (exact) mass is 328 g/mol. The molecule has 1 amide bonds. The van der Waals surface area contributed by atoms with Crippen LogP contribution in [0.3, 0.4) is 0 Å². The van der Waals surface area contributed by atoms with Crippen LogP contribution in [0.4, 0.5) is 5.69 Å². The van der Waals surface area contributed by atoms with E-state index < -0.39 is 5.54 Å². The topological polar surface area (TPSA) is 59.4 Å². The molecule has 0 spiro atoms. The summed E-state index contributed by atoms with van der Waals surface area (Å²) in [4.78, 5) is 16.5. The summed E-state index contributed by atoms with van der Waals surface area (Å²) in [7, 11) is 4.04. The molecule has 130 valence electrons. The number of carbonyl (C=O) groups is 1. The maximum absolute atomic E-state index is 12.3. The highest BCUT2D eigenvalue weighted by molar-refractivity contribution is 5.79. The molecule has 1 aromatic carbocycles. The zero-order valence-electron chi connectivity index (χ0n) is 15.2. The maximum atomic E-state index is 12.3. The highest BCUT2D eigenvalue weighted by atomic mass is 16.2. The van der Waals surface area contributed by atoms with Crippen molar-refractivity contribution in [2.45, 2.75) is 38.8 Å². The molecule has 0 heterocycles. The Balaban J connectivity index is 1.91. The van der Waals surface area contributed by atoms with Gasteiger partial charge in [-0.1, -0.05) is 19.1 Å². The molecule has 1 aliphatic carbocycles. The lowest BCUT2D eigenvalue weighted by atomic mass is 9.98. The third-order valence-corrected chi connectivity index (χ3v) is 4.70. The van der Waals surface area contributed by atoms with Crippen LogP contribution in [0.2, 0.25) is 0 Å². The van der Waals surface area contributed by atoms with Crippen LogP contribution in [0.1, 0.15) is 32.3 Å². The molecule has 1 aliphatic rings. The predicted molar refractivity (Wildman–Crippen MR) is 96.6 cm³/mol. The third kappa shape index (κ3) is 4.72. The number of carbonyl (C=O) groups excluding carboxylic acids is 1. The fourth-order valence-electron chi connectivity index (χ4n) is 2.85. The molecule has 5 heteroatoms. The van der Waals surface area contributed by atoms with Crippen LogP contribution < -0.4 is 10.2 Å². The van der Waals surface area contributed by atoms with Gasteiger partial charge in [0.2, 0.25) is 5.91 Å². The first-order valence-electron chi connectivity index (χ1n) is 8.59. The minimum absolute atomic E-state index is 0.0716. The number of hydrogen-bond acceptors (Lipinski definition) is 4. The number of rotatable bonds is 8. The second-order valence-corrected chi connectivity index (χ2v) is 7.00. The number of nitriles is 1. The Morgan fingerprint density at radius 2 is 1.96 bits per heavy atom. The van der Waals surface area contributed by atoms with Gasteiger partial charge >= 0.3 is 0 Å². The smallest absolute Gasteiger partial charge is 0.235 e. The molecule has 0 saturated heterocycles. The van der Waals surface area contributed by atoms with Crippen LogP contribution in [0.5, 0.6) is 0 Å². The van der Waals surface area contributed by atoms with Gasteiger partial charge in [-0.15, -0.1) is 0 Å². The van der Waals surface area contributed by atoms with Gasteiger partial charge in [0.15, 0.2) is 0 Å². The van der Waals surface area contributed by atoms with E-state index >= 15 is 0 Å². The van der Waals surface area contributed by atoms with Gasteiger partial charge in [-0.3, -0.25) is 9.69 Å². The second-order valence-electron chi connectivity index (χ2n) is 7.00. The van der Waals surface area contributed by atoms with E-state index in [1.807, 2.05) is 27.9 Å². The number of nitrogens with zero attached hydrogens (tertiary/aromatic N) is 3. The molecule has 1 atom stereocenters. The lowest BCUT2D eigenvalue weighted by Crippen LogP contribution is -2.50. The van der Waals surface area contributed by atoms with Crippen LogP contribution in [-0.2, 0) is 11.3 Å². The first-order valence-corrected chi connectivity index (χ1v) is 8.59. The van der Waals surface area contributed by atoms with Crippen LogP contribution in [-0.4, -0.2) is 43.5 Å². The minimum atomic E-state index is -0.718. The molecule has 24 heavy (non-hydrogen) atoms. The van der Waals surface area contributed by atoms with Crippen LogP contribution in [0.15, 0.2) is 24.3 Å². The van der Waals surface area contributed by atoms with E-state index in [0.29, 0.717) is 12.5 Å². The molecule has 0 bridgehead atoms. The minimum Gasteiger partial charge on any atom is -0.378 e. The van der Waals surface area contributed by atoms with Gasteiger partial charge in [-0.2, -0.15) is 5.26 Å². The summed E-state index contributed by atoms with van der Waals surface area (Å²) in [5, 5.41) is 12.3. The Kier molecular flexibility index (Phi) is 5.84. The van der Waals surface area contributed by atoms with Crippen molar-refractivity contribution >= 4 is 11.6 Å². The van der Waals surface area contributed by atoms with Crippen LogP contribution in [0.25, 0.3) is 0 Å². The van der Waals surface area contributed by atoms with Crippen LogP contribution >= 0.6 is 0 Å². The number of nitrogens with one attached hydrogen (secondary N) is 1. The molecule has 5 nitrogen and oxygen atoms in total. The van der Waals surface area contributed by atoms with Gasteiger partial charge in [0, 0.05) is 26.3 Å². The molecule has 0 unspecified atom stereocenters. The third-order valence-electron chi connectivity index (χ3n) is 4.70. The van der Waals surface area contributed by atoms with Gasteiger partial charge in [0.25, 0.3) is 0 Å². The fraction of sp³-hybridized carbons (Fsp3) is 0.579. The van der Waals surface area contributed by atoms with Crippen LogP contribution in [0, 0.1) is 17.2 Å². The molecule has 1 aromatic rings. The van der Waals surface area contributed by atoms with Gasteiger partial charge in [0.1, 0.15) is 5.54 Å². The van der Waals surface area contributed by atoms with E-state index in [9.17, 15) is 10.1 Å². The van der Waals surface area contributed by atoms with Gasteiger partial charge in [-0.05, 0) is 49.9 Å². The molecule has 1 fully saturated rings. The molecular weight excluding hydrogens is 300 g/mol. The zero-order valence-corrected chi connectivity index (χ0v) is 15.2. The van der Waals surface area contributed by atoms with Crippen molar-refractivity contribution in [2.24, 2.45) is 5.92 Å². The molecule has 0 aliphatic heterocycles. The lowest BCUT2D eigenvalue weighted by Gasteiger charge is -2.26.